The van der Waals surface area contributed by atoms with E-state index in [9.17, 15) is 4.79 Å². The Labute approximate surface area is 148 Å². The standard InChI is InChI=1S/C21H23N3O/c1-15(14-16-8-11-18(12-9-16)24(2)3)22-21(25)20-13-10-17-6-4-5-7-19(17)23-20/h4-13,15H,14H2,1-3H3,(H,22,25). The van der Waals surface area contributed by atoms with Gasteiger partial charge in [0.25, 0.3) is 5.91 Å². The molecule has 25 heavy (non-hydrogen) atoms. The number of benzene rings is 2. The molecule has 1 amide bonds. The fraction of sp³-hybridized carbons (Fsp3) is 0.238. The monoisotopic (exact) mass is 333 g/mol. The quantitative estimate of drug-likeness (QED) is 0.775. The van der Waals surface area contributed by atoms with E-state index in [1.54, 1.807) is 6.07 Å². The van der Waals surface area contributed by atoms with Crippen molar-refractivity contribution in [3.63, 3.8) is 0 Å². The highest BCUT2D eigenvalue weighted by atomic mass is 16.1. The normalized spacial score (nSPS) is 12.0. The van der Waals surface area contributed by atoms with Crippen molar-refractivity contribution in [1.82, 2.24) is 10.3 Å². The Morgan fingerprint density at radius 3 is 2.48 bits per heavy atom. The Hall–Kier alpha value is -2.88. The van der Waals surface area contributed by atoms with E-state index in [-0.39, 0.29) is 11.9 Å². The predicted molar refractivity (Wildman–Crippen MR) is 103 cm³/mol. The molecule has 0 saturated carbocycles. The molecule has 0 aliphatic carbocycles. The number of para-hydroxylation sites is 1. The van der Waals surface area contributed by atoms with Crippen LogP contribution < -0.4 is 10.2 Å². The maximum Gasteiger partial charge on any atom is 0.270 e. The van der Waals surface area contributed by atoms with Crippen LogP contribution in [0.1, 0.15) is 23.0 Å². The molecule has 0 bridgehead atoms. The number of amides is 1. The summed E-state index contributed by atoms with van der Waals surface area (Å²) in [6.07, 6.45) is 0.785. The molecule has 0 fully saturated rings. The van der Waals surface area contributed by atoms with Gasteiger partial charge in [0.2, 0.25) is 0 Å². The molecule has 0 saturated heterocycles. The summed E-state index contributed by atoms with van der Waals surface area (Å²) in [5.41, 5.74) is 3.65. The van der Waals surface area contributed by atoms with Gasteiger partial charge in [-0.15, -0.1) is 0 Å². The molecule has 0 aliphatic rings. The number of nitrogens with one attached hydrogen (secondary N) is 1. The van der Waals surface area contributed by atoms with Crippen molar-refractivity contribution in [2.24, 2.45) is 0 Å². The summed E-state index contributed by atoms with van der Waals surface area (Å²) in [5.74, 6) is -0.136. The number of nitrogens with zero attached hydrogens (tertiary/aromatic N) is 2. The summed E-state index contributed by atoms with van der Waals surface area (Å²) >= 11 is 0. The van der Waals surface area contributed by atoms with Crippen molar-refractivity contribution in [1.29, 1.82) is 0 Å². The van der Waals surface area contributed by atoms with Gasteiger partial charge in [-0.1, -0.05) is 36.4 Å². The van der Waals surface area contributed by atoms with Gasteiger partial charge in [-0.3, -0.25) is 4.79 Å². The molecule has 0 aliphatic heterocycles. The molecular formula is C21H23N3O. The molecule has 128 valence electrons. The van der Waals surface area contributed by atoms with E-state index in [0.717, 1.165) is 17.3 Å². The van der Waals surface area contributed by atoms with E-state index in [0.29, 0.717) is 5.69 Å². The number of hydrogen-bond donors (Lipinski definition) is 1. The Bertz CT molecular complexity index is 872. The van der Waals surface area contributed by atoms with E-state index < -0.39 is 0 Å². The first-order valence-electron chi connectivity index (χ1n) is 8.46. The molecule has 1 atom stereocenters. The molecule has 3 rings (SSSR count). The van der Waals surface area contributed by atoms with Crippen LogP contribution in [0.3, 0.4) is 0 Å². The number of aromatic nitrogens is 1. The zero-order chi connectivity index (χ0) is 17.8. The van der Waals surface area contributed by atoms with Crippen molar-refractivity contribution < 1.29 is 4.79 Å². The number of anilines is 1. The van der Waals surface area contributed by atoms with Crippen LogP contribution in [0.5, 0.6) is 0 Å². The minimum Gasteiger partial charge on any atom is -0.378 e. The second-order valence-electron chi connectivity index (χ2n) is 6.53. The first-order chi connectivity index (χ1) is 12.0. The van der Waals surface area contributed by atoms with E-state index >= 15 is 0 Å². The van der Waals surface area contributed by atoms with Gasteiger partial charge in [0.05, 0.1) is 5.52 Å². The van der Waals surface area contributed by atoms with Gasteiger partial charge in [-0.2, -0.15) is 0 Å². The lowest BCUT2D eigenvalue weighted by Crippen LogP contribution is -2.34. The highest BCUT2D eigenvalue weighted by Gasteiger charge is 2.12. The fourth-order valence-corrected chi connectivity index (χ4v) is 2.82. The highest BCUT2D eigenvalue weighted by Crippen LogP contribution is 2.14. The molecule has 1 aromatic heterocycles. The molecule has 4 nitrogen and oxygen atoms in total. The second-order valence-corrected chi connectivity index (χ2v) is 6.53. The molecule has 0 radical (unpaired) electrons. The Morgan fingerprint density at radius 2 is 1.76 bits per heavy atom. The maximum absolute atomic E-state index is 12.5. The molecule has 1 heterocycles. The number of pyridine rings is 1. The van der Waals surface area contributed by atoms with Crippen molar-refractivity contribution in [2.75, 3.05) is 19.0 Å². The average Bonchev–Trinajstić information content (AvgIpc) is 2.61. The number of rotatable bonds is 5. The van der Waals surface area contributed by atoms with Crippen molar-refractivity contribution in [3.8, 4) is 0 Å². The highest BCUT2D eigenvalue weighted by molar-refractivity contribution is 5.95. The third kappa shape index (κ3) is 4.15. The minimum absolute atomic E-state index is 0.0333. The Balaban J connectivity index is 1.64. The van der Waals surface area contributed by atoms with E-state index in [2.05, 4.69) is 39.5 Å². The van der Waals surface area contributed by atoms with Gasteiger partial charge in [0.15, 0.2) is 0 Å². The lowest BCUT2D eigenvalue weighted by Gasteiger charge is -2.16. The molecular weight excluding hydrogens is 310 g/mol. The predicted octanol–water partition coefficient (Wildman–Crippen LogP) is 3.66. The zero-order valence-electron chi connectivity index (χ0n) is 14.9. The lowest BCUT2D eigenvalue weighted by atomic mass is 10.1. The number of carbonyl (C=O) groups excluding carboxylic acids is 1. The van der Waals surface area contributed by atoms with E-state index in [1.165, 1.54) is 11.3 Å². The van der Waals surface area contributed by atoms with Crippen molar-refractivity contribution in [2.45, 2.75) is 19.4 Å². The number of fused-ring (bicyclic) bond motifs is 1. The largest absolute Gasteiger partial charge is 0.378 e. The Morgan fingerprint density at radius 1 is 1.04 bits per heavy atom. The summed E-state index contributed by atoms with van der Waals surface area (Å²) < 4.78 is 0. The molecule has 4 heteroatoms. The van der Waals surface area contributed by atoms with Gasteiger partial charge in [0.1, 0.15) is 5.69 Å². The van der Waals surface area contributed by atoms with Crippen LogP contribution >= 0.6 is 0 Å². The van der Waals surface area contributed by atoms with Crippen LogP contribution in [-0.4, -0.2) is 31.0 Å². The first-order valence-corrected chi connectivity index (χ1v) is 8.46. The zero-order valence-corrected chi connectivity index (χ0v) is 14.9. The molecule has 1 N–H and O–H groups in total. The van der Waals surface area contributed by atoms with Crippen LogP contribution in [0.15, 0.2) is 60.7 Å². The van der Waals surface area contributed by atoms with Gasteiger partial charge in [-0.25, -0.2) is 4.98 Å². The van der Waals surface area contributed by atoms with Crippen LogP contribution in [0.2, 0.25) is 0 Å². The first kappa shape index (κ1) is 17.0. The van der Waals surface area contributed by atoms with Gasteiger partial charge in [-0.05, 0) is 43.2 Å². The third-order valence-corrected chi connectivity index (χ3v) is 4.20. The Kier molecular flexibility index (Phi) is 4.98. The summed E-state index contributed by atoms with van der Waals surface area (Å²) in [7, 11) is 4.04. The van der Waals surface area contributed by atoms with Gasteiger partial charge < -0.3 is 10.2 Å². The smallest absolute Gasteiger partial charge is 0.270 e. The van der Waals surface area contributed by atoms with Gasteiger partial charge >= 0.3 is 0 Å². The van der Waals surface area contributed by atoms with Crippen LogP contribution in [0, 0.1) is 0 Å². The molecule has 1 unspecified atom stereocenters. The van der Waals surface area contributed by atoms with Crippen LogP contribution in [0.4, 0.5) is 5.69 Å². The lowest BCUT2D eigenvalue weighted by molar-refractivity contribution is 0.0935. The van der Waals surface area contributed by atoms with E-state index in [4.69, 9.17) is 0 Å². The summed E-state index contributed by atoms with van der Waals surface area (Å²) in [5, 5.41) is 4.07. The summed E-state index contributed by atoms with van der Waals surface area (Å²) in [6.45, 7) is 2.01. The topological polar surface area (TPSA) is 45.2 Å². The SMILES string of the molecule is CC(Cc1ccc(N(C)C)cc1)NC(=O)c1ccc2ccccc2n1. The van der Waals surface area contributed by atoms with Crippen LogP contribution in [0.25, 0.3) is 10.9 Å². The fourth-order valence-electron chi connectivity index (χ4n) is 2.82. The number of hydrogen-bond acceptors (Lipinski definition) is 3. The molecule has 3 aromatic rings. The minimum atomic E-state index is -0.136. The maximum atomic E-state index is 12.5. The van der Waals surface area contributed by atoms with Gasteiger partial charge in [0, 0.05) is 31.2 Å². The average molecular weight is 333 g/mol. The number of carbonyl (C=O) groups is 1. The molecule has 0 spiro atoms. The van der Waals surface area contributed by atoms with E-state index in [1.807, 2.05) is 51.4 Å². The molecule has 2 aromatic carbocycles. The van der Waals surface area contributed by atoms with Crippen molar-refractivity contribution in [3.05, 3.63) is 71.9 Å². The second kappa shape index (κ2) is 7.34. The summed E-state index contributed by atoms with van der Waals surface area (Å²) in [6, 6.07) is 19.9. The van der Waals surface area contributed by atoms with Crippen molar-refractivity contribution >= 4 is 22.5 Å². The third-order valence-electron chi connectivity index (χ3n) is 4.20. The summed E-state index contributed by atoms with van der Waals surface area (Å²) in [4.78, 5) is 19.0. The van der Waals surface area contributed by atoms with Crippen LogP contribution in [-0.2, 0) is 6.42 Å².